The molecule has 0 spiro atoms. The van der Waals surface area contributed by atoms with Gasteiger partial charge in [0.05, 0.1) is 26.4 Å². The van der Waals surface area contributed by atoms with Crippen LogP contribution in [-0.2, 0) is 11.3 Å². The van der Waals surface area contributed by atoms with Crippen LogP contribution in [0.1, 0.15) is 18.9 Å². The van der Waals surface area contributed by atoms with Gasteiger partial charge in [-0.05, 0) is 19.3 Å². The molecule has 2 rings (SSSR count). The van der Waals surface area contributed by atoms with Crippen molar-refractivity contribution < 1.29 is 14.2 Å². The van der Waals surface area contributed by atoms with Crippen LogP contribution in [0.5, 0.6) is 11.8 Å². The summed E-state index contributed by atoms with van der Waals surface area (Å²) < 4.78 is 15.9. The summed E-state index contributed by atoms with van der Waals surface area (Å²) in [6.07, 6.45) is 2.54. The quantitative estimate of drug-likeness (QED) is 0.829. The van der Waals surface area contributed by atoms with Gasteiger partial charge in [-0.2, -0.15) is 0 Å². The molecule has 0 amide bonds. The molecule has 106 valence electrons. The monoisotopic (exact) mass is 267 g/mol. The van der Waals surface area contributed by atoms with Crippen molar-refractivity contribution in [1.82, 2.24) is 15.3 Å². The Morgan fingerprint density at radius 3 is 2.58 bits per heavy atom. The number of ether oxygens (including phenoxy) is 3. The van der Waals surface area contributed by atoms with E-state index in [4.69, 9.17) is 14.2 Å². The molecule has 2 atom stereocenters. The number of hydrogen-bond donors (Lipinski definition) is 1. The fraction of sp³-hybridized carbons (Fsp3) is 0.692. The molecule has 2 heterocycles. The number of nitrogens with zero attached hydrogens (tertiary/aromatic N) is 2. The minimum atomic E-state index is 0.372. The van der Waals surface area contributed by atoms with Crippen molar-refractivity contribution in [1.29, 1.82) is 0 Å². The molecule has 2 unspecified atom stereocenters. The fourth-order valence-corrected chi connectivity index (χ4v) is 2.26. The number of hydrogen-bond acceptors (Lipinski definition) is 6. The highest BCUT2D eigenvalue weighted by Gasteiger charge is 2.23. The van der Waals surface area contributed by atoms with E-state index < -0.39 is 0 Å². The zero-order valence-corrected chi connectivity index (χ0v) is 11.7. The van der Waals surface area contributed by atoms with Gasteiger partial charge < -0.3 is 19.5 Å². The molecule has 1 aromatic rings. The van der Waals surface area contributed by atoms with Gasteiger partial charge in [0.25, 0.3) is 0 Å². The summed E-state index contributed by atoms with van der Waals surface area (Å²) in [4.78, 5) is 8.21. The predicted molar refractivity (Wildman–Crippen MR) is 70.4 cm³/mol. The molecule has 0 radical (unpaired) electrons. The van der Waals surface area contributed by atoms with Crippen LogP contribution in [0, 0.1) is 5.92 Å². The summed E-state index contributed by atoms with van der Waals surface area (Å²) >= 11 is 0. The summed E-state index contributed by atoms with van der Waals surface area (Å²) in [7, 11) is 3.19. The molecule has 1 aliphatic rings. The fourth-order valence-electron chi connectivity index (χ4n) is 2.26. The summed E-state index contributed by atoms with van der Waals surface area (Å²) in [5.74, 6) is 1.66. The Kier molecular flexibility index (Phi) is 4.93. The average molecular weight is 267 g/mol. The molecule has 1 aromatic heterocycles. The predicted octanol–water partition coefficient (Wildman–Crippen LogP) is 1.01. The first kappa shape index (κ1) is 14.0. The van der Waals surface area contributed by atoms with Crippen LogP contribution in [-0.4, -0.2) is 43.4 Å². The highest BCUT2D eigenvalue weighted by Crippen LogP contribution is 2.24. The van der Waals surface area contributed by atoms with Crippen molar-refractivity contribution in [2.24, 2.45) is 5.92 Å². The van der Waals surface area contributed by atoms with Crippen molar-refractivity contribution in [3.63, 3.8) is 0 Å². The minimum absolute atomic E-state index is 0.372. The molecule has 1 saturated heterocycles. The lowest BCUT2D eigenvalue weighted by molar-refractivity contribution is 0.178. The van der Waals surface area contributed by atoms with Crippen LogP contribution in [0.15, 0.2) is 6.33 Å². The summed E-state index contributed by atoms with van der Waals surface area (Å²) in [6, 6.07) is 0.372. The Labute approximate surface area is 113 Å². The summed E-state index contributed by atoms with van der Waals surface area (Å²) in [5.41, 5.74) is 0.846. The Morgan fingerprint density at radius 1 is 1.37 bits per heavy atom. The van der Waals surface area contributed by atoms with Gasteiger partial charge in [-0.25, -0.2) is 9.97 Å². The van der Waals surface area contributed by atoms with Crippen LogP contribution < -0.4 is 14.8 Å². The first-order chi connectivity index (χ1) is 9.26. The molecule has 0 aliphatic carbocycles. The third-order valence-electron chi connectivity index (χ3n) is 3.53. The van der Waals surface area contributed by atoms with Crippen molar-refractivity contribution in [2.75, 3.05) is 27.4 Å². The Balaban J connectivity index is 2.01. The molecule has 1 N–H and O–H groups in total. The zero-order chi connectivity index (χ0) is 13.7. The number of aromatic nitrogens is 2. The smallest absolute Gasteiger partial charge is 0.224 e. The Bertz CT molecular complexity index is 386. The minimum Gasteiger partial charge on any atom is -0.481 e. The Hall–Kier alpha value is -1.40. The maximum atomic E-state index is 5.41. The average Bonchev–Trinajstić information content (AvgIpc) is 2.98. The first-order valence-electron chi connectivity index (χ1n) is 6.49. The van der Waals surface area contributed by atoms with E-state index in [0.717, 1.165) is 25.2 Å². The number of rotatable bonds is 6. The molecule has 1 aliphatic heterocycles. The van der Waals surface area contributed by atoms with Gasteiger partial charge >= 0.3 is 0 Å². The van der Waals surface area contributed by atoms with Crippen LogP contribution in [0.25, 0.3) is 0 Å². The lowest BCUT2D eigenvalue weighted by Crippen LogP contribution is -2.33. The summed E-state index contributed by atoms with van der Waals surface area (Å²) in [5, 5.41) is 3.47. The largest absolute Gasteiger partial charge is 0.481 e. The normalized spacial score (nSPS) is 20.3. The van der Waals surface area contributed by atoms with Crippen molar-refractivity contribution >= 4 is 0 Å². The van der Waals surface area contributed by atoms with Crippen LogP contribution in [0.2, 0.25) is 0 Å². The second-order valence-electron chi connectivity index (χ2n) is 4.66. The first-order valence-corrected chi connectivity index (χ1v) is 6.49. The van der Waals surface area contributed by atoms with Gasteiger partial charge in [0.1, 0.15) is 6.33 Å². The highest BCUT2D eigenvalue weighted by molar-refractivity contribution is 5.34. The second-order valence-corrected chi connectivity index (χ2v) is 4.66. The van der Waals surface area contributed by atoms with Gasteiger partial charge in [-0.1, -0.05) is 0 Å². The molecule has 0 aromatic carbocycles. The lowest BCUT2D eigenvalue weighted by Gasteiger charge is -2.20. The SMILES string of the molecule is COc1ncnc(OC)c1CNC(C)C1CCOC1. The molecular formula is C13H21N3O3. The van der Waals surface area contributed by atoms with Crippen LogP contribution in [0.4, 0.5) is 0 Å². The van der Waals surface area contributed by atoms with E-state index in [2.05, 4.69) is 22.2 Å². The lowest BCUT2D eigenvalue weighted by atomic mass is 10.0. The molecular weight excluding hydrogens is 246 g/mol. The zero-order valence-electron chi connectivity index (χ0n) is 11.7. The van der Waals surface area contributed by atoms with Gasteiger partial charge in [-0.15, -0.1) is 0 Å². The number of methoxy groups -OCH3 is 2. The molecule has 19 heavy (non-hydrogen) atoms. The molecule has 6 nitrogen and oxygen atoms in total. The van der Waals surface area contributed by atoms with E-state index in [9.17, 15) is 0 Å². The molecule has 0 saturated carbocycles. The topological polar surface area (TPSA) is 65.5 Å². The van der Waals surface area contributed by atoms with Crippen molar-refractivity contribution in [3.8, 4) is 11.8 Å². The summed E-state index contributed by atoms with van der Waals surface area (Å²) in [6.45, 7) is 4.47. The van der Waals surface area contributed by atoms with Gasteiger partial charge in [0.15, 0.2) is 0 Å². The van der Waals surface area contributed by atoms with Crippen molar-refractivity contribution in [2.45, 2.75) is 25.9 Å². The molecule has 1 fully saturated rings. The van der Waals surface area contributed by atoms with Gasteiger partial charge in [0, 0.05) is 19.2 Å². The molecule has 6 heteroatoms. The maximum Gasteiger partial charge on any atom is 0.224 e. The van der Waals surface area contributed by atoms with Crippen molar-refractivity contribution in [3.05, 3.63) is 11.9 Å². The van der Waals surface area contributed by atoms with Gasteiger partial charge in [-0.3, -0.25) is 0 Å². The molecule has 0 bridgehead atoms. The third-order valence-corrected chi connectivity index (χ3v) is 3.53. The third kappa shape index (κ3) is 3.33. The van der Waals surface area contributed by atoms with E-state index in [1.54, 1.807) is 14.2 Å². The van der Waals surface area contributed by atoms with E-state index in [1.165, 1.54) is 6.33 Å². The standard InChI is InChI=1S/C13H21N3O3/c1-9(10-4-5-19-7-10)14-6-11-12(17-2)15-8-16-13(11)18-3/h8-10,14H,4-7H2,1-3H3. The van der Waals surface area contributed by atoms with Gasteiger partial charge in [0.2, 0.25) is 11.8 Å². The van der Waals surface area contributed by atoms with Crippen LogP contribution >= 0.6 is 0 Å². The maximum absolute atomic E-state index is 5.41. The van der Waals surface area contributed by atoms with Crippen LogP contribution in [0.3, 0.4) is 0 Å². The van der Waals surface area contributed by atoms with E-state index >= 15 is 0 Å². The second kappa shape index (κ2) is 6.68. The highest BCUT2D eigenvalue weighted by atomic mass is 16.5. The van der Waals surface area contributed by atoms with E-state index in [-0.39, 0.29) is 0 Å². The van der Waals surface area contributed by atoms with E-state index in [0.29, 0.717) is 30.3 Å². The number of nitrogens with one attached hydrogen (secondary N) is 1. The Morgan fingerprint density at radius 2 is 2.05 bits per heavy atom. The van der Waals surface area contributed by atoms with E-state index in [1.807, 2.05) is 0 Å².